The molecule has 132 valence electrons. The van der Waals surface area contributed by atoms with Crippen LogP contribution in [0.4, 0.5) is 0 Å². The van der Waals surface area contributed by atoms with E-state index >= 15 is 0 Å². The van der Waals surface area contributed by atoms with Gasteiger partial charge in [0.1, 0.15) is 18.5 Å². The van der Waals surface area contributed by atoms with E-state index in [2.05, 4.69) is 0 Å². The number of ether oxygens (including phenoxy) is 3. The van der Waals surface area contributed by atoms with E-state index in [4.69, 9.17) is 14.2 Å². The fourth-order valence-electron chi connectivity index (χ4n) is 2.07. The van der Waals surface area contributed by atoms with Gasteiger partial charge >= 0.3 is 5.97 Å². The second kappa shape index (κ2) is 8.33. The van der Waals surface area contributed by atoms with Crippen LogP contribution in [0.15, 0.2) is 48.5 Å². The quantitative estimate of drug-likeness (QED) is 0.566. The Kier molecular flexibility index (Phi) is 6.17. The highest BCUT2D eigenvalue weighted by Crippen LogP contribution is 2.29. The third kappa shape index (κ3) is 6.30. The van der Waals surface area contributed by atoms with Crippen LogP contribution >= 0.6 is 0 Å². The maximum absolute atomic E-state index is 11.8. The van der Waals surface area contributed by atoms with Gasteiger partial charge in [0.05, 0.1) is 0 Å². The van der Waals surface area contributed by atoms with Crippen molar-refractivity contribution in [3.8, 4) is 11.5 Å². The van der Waals surface area contributed by atoms with Crippen molar-refractivity contribution >= 4 is 12.3 Å². The molecule has 25 heavy (non-hydrogen) atoms. The molecule has 0 amide bonds. The lowest BCUT2D eigenvalue weighted by molar-refractivity contribution is -0.157. The lowest BCUT2D eigenvalue weighted by Gasteiger charge is -2.20. The number of esters is 1. The van der Waals surface area contributed by atoms with Crippen molar-refractivity contribution in [2.45, 2.75) is 33.0 Å². The van der Waals surface area contributed by atoms with Crippen LogP contribution in [0.3, 0.4) is 0 Å². The van der Waals surface area contributed by atoms with E-state index in [0.717, 1.165) is 5.56 Å². The monoisotopic (exact) mass is 342 g/mol. The van der Waals surface area contributed by atoms with Crippen molar-refractivity contribution in [1.29, 1.82) is 0 Å². The molecule has 0 bridgehead atoms. The molecule has 2 aromatic carbocycles. The predicted molar refractivity (Wildman–Crippen MR) is 93.9 cm³/mol. The van der Waals surface area contributed by atoms with Crippen LogP contribution in [-0.4, -0.2) is 24.5 Å². The average Bonchev–Trinajstić information content (AvgIpc) is 2.58. The van der Waals surface area contributed by atoms with E-state index in [9.17, 15) is 9.59 Å². The zero-order chi connectivity index (χ0) is 18.3. The summed E-state index contributed by atoms with van der Waals surface area (Å²) in [5.41, 5.74) is 0.851. The molecule has 0 spiro atoms. The van der Waals surface area contributed by atoms with Crippen molar-refractivity contribution < 1.29 is 23.8 Å². The van der Waals surface area contributed by atoms with Crippen LogP contribution in [0.5, 0.6) is 11.5 Å². The van der Waals surface area contributed by atoms with Crippen molar-refractivity contribution in [2.75, 3.05) is 6.61 Å². The van der Waals surface area contributed by atoms with Crippen LogP contribution < -0.4 is 9.47 Å². The highest BCUT2D eigenvalue weighted by molar-refractivity contribution is 5.76. The van der Waals surface area contributed by atoms with Gasteiger partial charge in [-0.2, -0.15) is 0 Å². The van der Waals surface area contributed by atoms with Crippen LogP contribution in [0.1, 0.15) is 36.7 Å². The standard InChI is InChI=1S/C20H22O5/c1-20(2,3)25-19(22)14-24-18-11-16(12-21)9-10-17(18)23-13-15-7-5-4-6-8-15/h4-12H,13-14H2,1-3H3. The minimum Gasteiger partial charge on any atom is -0.485 e. The van der Waals surface area contributed by atoms with Crippen molar-refractivity contribution in [3.05, 3.63) is 59.7 Å². The summed E-state index contributed by atoms with van der Waals surface area (Å²) in [5.74, 6) is 0.294. The molecule has 0 radical (unpaired) electrons. The molecule has 0 aliphatic carbocycles. The van der Waals surface area contributed by atoms with Gasteiger partial charge in [-0.1, -0.05) is 30.3 Å². The Hall–Kier alpha value is -2.82. The molecule has 0 aliphatic rings. The Morgan fingerprint density at radius 3 is 2.36 bits per heavy atom. The molecule has 2 aromatic rings. The Bertz CT molecular complexity index is 717. The van der Waals surface area contributed by atoms with Gasteiger partial charge in [0, 0.05) is 5.56 Å². The Balaban J connectivity index is 2.06. The summed E-state index contributed by atoms with van der Waals surface area (Å²) >= 11 is 0. The summed E-state index contributed by atoms with van der Waals surface area (Å²) in [6.07, 6.45) is 0.710. The first-order valence-electron chi connectivity index (χ1n) is 7.98. The summed E-state index contributed by atoms with van der Waals surface area (Å²) in [6, 6.07) is 14.5. The third-order valence-electron chi connectivity index (χ3n) is 3.11. The van der Waals surface area contributed by atoms with Gasteiger partial charge in [-0.15, -0.1) is 0 Å². The lowest BCUT2D eigenvalue weighted by Crippen LogP contribution is -2.27. The van der Waals surface area contributed by atoms with Gasteiger partial charge < -0.3 is 14.2 Å². The molecule has 0 unspecified atom stereocenters. The lowest BCUT2D eigenvalue weighted by atomic mass is 10.2. The number of carbonyl (C=O) groups is 2. The Labute approximate surface area is 147 Å². The number of rotatable bonds is 7. The molecule has 0 saturated carbocycles. The second-order valence-corrected chi connectivity index (χ2v) is 6.47. The van der Waals surface area contributed by atoms with Gasteiger partial charge in [0.15, 0.2) is 18.1 Å². The molecular weight excluding hydrogens is 320 g/mol. The largest absolute Gasteiger partial charge is 0.485 e. The van der Waals surface area contributed by atoms with Gasteiger partial charge in [0.2, 0.25) is 0 Å². The molecule has 0 saturated heterocycles. The number of hydrogen-bond donors (Lipinski definition) is 0. The summed E-state index contributed by atoms with van der Waals surface area (Å²) in [6.45, 7) is 5.44. The van der Waals surface area contributed by atoms with Gasteiger partial charge in [0.25, 0.3) is 0 Å². The molecule has 0 aliphatic heterocycles. The topological polar surface area (TPSA) is 61.8 Å². The van der Waals surface area contributed by atoms with Gasteiger partial charge in [-0.25, -0.2) is 4.79 Å². The first-order valence-corrected chi connectivity index (χ1v) is 7.98. The maximum Gasteiger partial charge on any atom is 0.344 e. The minimum absolute atomic E-state index is 0.263. The SMILES string of the molecule is CC(C)(C)OC(=O)COc1cc(C=O)ccc1OCc1ccccc1. The minimum atomic E-state index is -0.586. The summed E-state index contributed by atoms with van der Waals surface area (Å²) in [7, 11) is 0. The molecule has 5 nitrogen and oxygen atoms in total. The van der Waals surface area contributed by atoms with E-state index in [-0.39, 0.29) is 6.61 Å². The van der Waals surface area contributed by atoms with Crippen molar-refractivity contribution in [2.24, 2.45) is 0 Å². The average molecular weight is 342 g/mol. The molecule has 2 rings (SSSR count). The highest BCUT2D eigenvalue weighted by Gasteiger charge is 2.17. The number of aldehydes is 1. The fourth-order valence-corrected chi connectivity index (χ4v) is 2.07. The van der Waals surface area contributed by atoms with Gasteiger partial charge in [-0.05, 0) is 44.5 Å². The molecule has 0 fully saturated rings. The summed E-state index contributed by atoms with van der Waals surface area (Å²) in [4.78, 5) is 22.8. The van der Waals surface area contributed by atoms with E-state index in [1.165, 1.54) is 6.07 Å². The molecule has 0 atom stereocenters. The van der Waals surface area contributed by atoms with Gasteiger partial charge in [-0.3, -0.25) is 4.79 Å². The smallest absolute Gasteiger partial charge is 0.344 e. The normalized spacial score (nSPS) is 10.8. The van der Waals surface area contributed by atoms with E-state index in [0.29, 0.717) is 30.0 Å². The summed E-state index contributed by atoms with van der Waals surface area (Å²) < 4.78 is 16.5. The summed E-state index contributed by atoms with van der Waals surface area (Å²) in [5, 5.41) is 0. The number of carbonyl (C=O) groups excluding carboxylic acids is 2. The Morgan fingerprint density at radius 1 is 1.00 bits per heavy atom. The molecule has 0 N–H and O–H groups in total. The van der Waals surface area contributed by atoms with Crippen LogP contribution in [-0.2, 0) is 16.1 Å². The van der Waals surface area contributed by atoms with E-state index in [1.54, 1.807) is 32.9 Å². The van der Waals surface area contributed by atoms with Crippen LogP contribution in [0.25, 0.3) is 0 Å². The predicted octanol–water partition coefficient (Wildman–Crippen LogP) is 3.80. The number of hydrogen-bond acceptors (Lipinski definition) is 5. The molecule has 0 heterocycles. The zero-order valence-electron chi connectivity index (χ0n) is 14.7. The first kappa shape index (κ1) is 18.5. The maximum atomic E-state index is 11.8. The van der Waals surface area contributed by atoms with Crippen molar-refractivity contribution in [1.82, 2.24) is 0 Å². The van der Waals surface area contributed by atoms with Crippen molar-refractivity contribution in [3.63, 3.8) is 0 Å². The highest BCUT2D eigenvalue weighted by atomic mass is 16.6. The Morgan fingerprint density at radius 2 is 1.72 bits per heavy atom. The molecule has 5 heteroatoms. The molecular formula is C20H22O5. The number of benzene rings is 2. The van der Waals surface area contributed by atoms with Crippen LogP contribution in [0, 0.1) is 0 Å². The first-order chi connectivity index (χ1) is 11.9. The third-order valence-corrected chi connectivity index (χ3v) is 3.11. The van der Waals surface area contributed by atoms with E-state index < -0.39 is 11.6 Å². The van der Waals surface area contributed by atoms with Crippen LogP contribution in [0.2, 0.25) is 0 Å². The second-order valence-electron chi connectivity index (χ2n) is 6.47. The zero-order valence-corrected chi connectivity index (χ0v) is 14.7. The molecule has 0 aromatic heterocycles. The fraction of sp³-hybridized carbons (Fsp3) is 0.300. The van der Waals surface area contributed by atoms with E-state index in [1.807, 2.05) is 30.3 Å².